The van der Waals surface area contributed by atoms with Crippen LogP contribution in [0.25, 0.3) is 0 Å². The predicted molar refractivity (Wildman–Crippen MR) is 71.7 cm³/mol. The van der Waals surface area contributed by atoms with Crippen LogP contribution in [0, 0.1) is 10.1 Å². The Bertz CT molecular complexity index is 547. The molecule has 7 nitrogen and oxygen atoms in total. The van der Waals surface area contributed by atoms with Crippen LogP contribution in [0.3, 0.4) is 0 Å². The molecule has 0 aliphatic rings. The van der Waals surface area contributed by atoms with Crippen molar-refractivity contribution in [1.82, 2.24) is 4.90 Å². The molecule has 0 saturated heterocycles. The van der Waals surface area contributed by atoms with Crippen LogP contribution < -0.4 is 0 Å². The van der Waals surface area contributed by atoms with E-state index in [0.29, 0.717) is 0 Å². The maximum Gasteiger partial charge on any atom is 0.325 e. The van der Waals surface area contributed by atoms with Crippen LogP contribution >= 0.6 is 11.6 Å². The number of hydrogen-bond acceptors (Lipinski definition) is 5. The molecule has 108 valence electrons. The fourth-order valence-corrected chi connectivity index (χ4v) is 1.71. The van der Waals surface area contributed by atoms with Crippen LogP contribution in [0.1, 0.15) is 17.3 Å². The van der Waals surface area contributed by atoms with Gasteiger partial charge < -0.3 is 9.64 Å². The molecule has 0 heterocycles. The second kappa shape index (κ2) is 6.85. The monoisotopic (exact) mass is 300 g/mol. The molecule has 0 spiro atoms. The number of non-ortho nitro benzene ring substituents is 1. The normalized spacial score (nSPS) is 9.95. The lowest BCUT2D eigenvalue weighted by Crippen LogP contribution is -2.36. The van der Waals surface area contributed by atoms with Gasteiger partial charge in [-0.1, -0.05) is 11.6 Å². The maximum atomic E-state index is 12.2. The van der Waals surface area contributed by atoms with Crippen molar-refractivity contribution in [2.45, 2.75) is 6.92 Å². The minimum atomic E-state index is -0.621. The summed E-state index contributed by atoms with van der Waals surface area (Å²) in [4.78, 5) is 34.7. The molecule has 0 fully saturated rings. The number of ether oxygens (including phenoxy) is 1. The molecule has 0 radical (unpaired) electrons. The predicted octanol–water partition coefficient (Wildman–Crippen LogP) is 1.88. The quantitative estimate of drug-likeness (QED) is 0.470. The van der Waals surface area contributed by atoms with Gasteiger partial charge in [0.1, 0.15) is 6.54 Å². The highest BCUT2D eigenvalue weighted by atomic mass is 35.5. The van der Waals surface area contributed by atoms with Gasteiger partial charge in [-0.3, -0.25) is 19.7 Å². The zero-order chi connectivity index (χ0) is 15.3. The molecule has 0 aliphatic heterocycles. The van der Waals surface area contributed by atoms with Gasteiger partial charge in [0, 0.05) is 18.7 Å². The molecular formula is C12H13ClN2O5. The number of methoxy groups -OCH3 is 1. The smallest absolute Gasteiger partial charge is 0.325 e. The number of halogens is 1. The lowest BCUT2D eigenvalue weighted by Gasteiger charge is -2.19. The number of nitrogens with zero attached hydrogens (tertiary/aromatic N) is 2. The first-order chi connectivity index (χ1) is 9.40. The number of hydrogen-bond donors (Lipinski definition) is 0. The molecule has 0 aliphatic carbocycles. The van der Waals surface area contributed by atoms with E-state index >= 15 is 0 Å². The topological polar surface area (TPSA) is 89.8 Å². The summed E-state index contributed by atoms with van der Waals surface area (Å²) in [6.45, 7) is 1.67. The molecule has 1 amide bonds. The summed E-state index contributed by atoms with van der Waals surface area (Å²) in [6, 6.07) is 3.57. The fourth-order valence-electron chi connectivity index (χ4n) is 1.51. The Morgan fingerprint density at radius 1 is 1.45 bits per heavy atom. The van der Waals surface area contributed by atoms with Crippen LogP contribution in [-0.2, 0) is 9.53 Å². The summed E-state index contributed by atoms with van der Waals surface area (Å²) in [5.41, 5.74) is -0.265. The van der Waals surface area contributed by atoms with E-state index in [2.05, 4.69) is 4.74 Å². The second-order valence-corrected chi connectivity index (χ2v) is 4.22. The summed E-state index contributed by atoms with van der Waals surface area (Å²) >= 11 is 5.88. The van der Waals surface area contributed by atoms with E-state index in [1.807, 2.05) is 0 Å². The minimum Gasteiger partial charge on any atom is -0.468 e. The van der Waals surface area contributed by atoms with Gasteiger partial charge in [0.2, 0.25) is 0 Å². The first-order valence-electron chi connectivity index (χ1n) is 5.70. The van der Waals surface area contributed by atoms with Crippen LogP contribution in [0.15, 0.2) is 18.2 Å². The molecular weight excluding hydrogens is 288 g/mol. The zero-order valence-electron chi connectivity index (χ0n) is 11.0. The van der Waals surface area contributed by atoms with E-state index in [4.69, 9.17) is 11.6 Å². The van der Waals surface area contributed by atoms with Crippen LogP contribution in [0.4, 0.5) is 5.69 Å². The Labute approximate surface area is 120 Å². The summed E-state index contributed by atoms with van der Waals surface area (Å²) in [5.74, 6) is -1.15. The van der Waals surface area contributed by atoms with Gasteiger partial charge in [0.15, 0.2) is 0 Å². The fraction of sp³-hybridized carbons (Fsp3) is 0.333. The van der Waals surface area contributed by atoms with Crippen molar-refractivity contribution in [2.75, 3.05) is 20.2 Å². The molecule has 0 unspecified atom stereocenters. The average Bonchev–Trinajstić information content (AvgIpc) is 2.43. The van der Waals surface area contributed by atoms with Gasteiger partial charge in [-0.15, -0.1) is 0 Å². The number of nitro groups is 1. The van der Waals surface area contributed by atoms with E-state index in [9.17, 15) is 19.7 Å². The Morgan fingerprint density at radius 3 is 2.60 bits per heavy atom. The van der Waals surface area contributed by atoms with E-state index in [1.54, 1.807) is 6.92 Å². The zero-order valence-corrected chi connectivity index (χ0v) is 11.7. The number of likely N-dealkylation sites (N-methyl/N-ethyl adjacent to an activating group) is 1. The van der Waals surface area contributed by atoms with Gasteiger partial charge in [-0.25, -0.2) is 0 Å². The molecule has 0 atom stereocenters. The largest absolute Gasteiger partial charge is 0.468 e. The average molecular weight is 301 g/mol. The Balaban J connectivity index is 3.08. The van der Waals surface area contributed by atoms with Crippen molar-refractivity contribution >= 4 is 29.2 Å². The van der Waals surface area contributed by atoms with E-state index in [0.717, 1.165) is 6.07 Å². The van der Waals surface area contributed by atoms with Gasteiger partial charge >= 0.3 is 5.97 Å². The molecule has 20 heavy (non-hydrogen) atoms. The van der Waals surface area contributed by atoms with Crippen molar-refractivity contribution in [3.63, 3.8) is 0 Å². The minimum absolute atomic E-state index is 0.0216. The Hall–Kier alpha value is -2.15. The highest BCUT2D eigenvalue weighted by Gasteiger charge is 2.22. The third-order valence-corrected chi connectivity index (χ3v) is 2.94. The lowest BCUT2D eigenvalue weighted by atomic mass is 10.1. The van der Waals surface area contributed by atoms with Gasteiger partial charge in [-0.05, 0) is 13.0 Å². The molecule has 1 rings (SSSR count). The van der Waals surface area contributed by atoms with E-state index in [-0.39, 0.29) is 29.4 Å². The van der Waals surface area contributed by atoms with Crippen molar-refractivity contribution in [1.29, 1.82) is 0 Å². The Morgan fingerprint density at radius 2 is 2.10 bits per heavy atom. The summed E-state index contributed by atoms with van der Waals surface area (Å²) in [7, 11) is 1.21. The van der Waals surface area contributed by atoms with Gasteiger partial charge in [-0.2, -0.15) is 0 Å². The number of carbonyl (C=O) groups is 2. The second-order valence-electron chi connectivity index (χ2n) is 3.82. The summed E-state index contributed by atoms with van der Waals surface area (Å²) in [5, 5.41) is 10.8. The maximum absolute atomic E-state index is 12.2. The van der Waals surface area contributed by atoms with Crippen LogP contribution in [-0.4, -0.2) is 41.9 Å². The highest BCUT2D eigenvalue weighted by Crippen LogP contribution is 2.23. The summed E-state index contributed by atoms with van der Waals surface area (Å²) in [6.07, 6.45) is 0. The van der Waals surface area contributed by atoms with Gasteiger partial charge in [0.25, 0.3) is 11.6 Å². The van der Waals surface area contributed by atoms with Gasteiger partial charge in [0.05, 0.1) is 22.6 Å². The van der Waals surface area contributed by atoms with Crippen molar-refractivity contribution in [2.24, 2.45) is 0 Å². The van der Waals surface area contributed by atoms with Crippen molar-refractivity contribution in [3.05, 3.63) is 38.9 Å². The molecule has 0 N–H and O–H groups in total. The van der Waals surface area contributed by atoms with E-state index < -0.39 is 16.8 Å². The molecule has 0 aromatic heterocycles. The Kier molecular flexibility index (Phi) is 5.45. The van der Waals surface area contributed by atoms with Crippen molar-refractivity contribution in [3.8, 4) is 0 Å². The number of esters is 1. The summed E-state index contributed by atoms with van der Waals surface area (Å²) < 4.78 is 4.49. The number of benzene rings is 1. The number of amides is 1. The third-order valence-electron chi connectivity index (χ3n) is 2.61. The number of rotatable bonds is 5. The molecule has 8 heteroatoms. The molecule has 0 bridgehead atoms. The van der Waals surface area contributed by atoms with Crippen LogP contribution in [0.2, 0.25) is 5.02 Å². The lowest BCUT2D eigenvalue weighted by molar-refractivity contribution is -0.384. The number of nitro benzene ring substituents is 1. The van der Waals surface area contributed by atoms with E-state index in [1.165, 1.54) is 24.1 Å². The highest BCUT2D eigenvalue weighted by molar-refractivity contribution is 6.34. The standard InChI is InChI=1S/C12H13ClN2O5/c1-3-14(7-11(16)20-2)12(17)9-6-8(15(18)19)4-5-10(9)13/h4-6H,3,7H2,1-2H3. The third kappa shape index (κ3) is 3.67. The number of carbonyl (C=O) groups excluding carboxylic acids is 2. The molecule has 1 aromatic carbocycles. The SMILES string of the molecule is CCN(CC(=O)OC)C(=O)c1cc([N+](=O)[O-])ccc1Cl. The molecule has 1 aromatic rings. The molecule has 0 saturated carbocycles. The van der Waals surface area contributed by atoms with Crippen LogP contribution in [0.5, 0.6) is 0 Å². The first kappa shape index (κ1) is 15.9. The van der Waals surface area contributed by atoms with Crippen molar-refractivity contribution < 1.29 is 19.2 Å². The first-order valence-corrected chi connectivity index (χ1v) is 6.08.